The van der Waals surface area contributed by atoms with Gasteiger partial charge in [0.2, 0.25) is 0 Å². The van der Waals surface area contributed by atoms with E-state index in [1.807, 2.05) is 11.4 Å². The molecule has 0 aliphatic carbocycles. The SMILES string of the molecule is COC=C(C(=O)OC)c1ccccc1OCc1csc(Cl)n1. The van der Waals surface area contributed by atoms with Gasteiger partial charge in [-0.05, 0) is 6.07 Å². The van der Waals surface area contributed by atoms with Crippen LogP contribution in [-0.2, 0) is 20.9 Å². The second-order valence-corrected chi connectivity index (χ2v) is 5.58. The lowest BCUT2D eigenvalue weighted by Crippen LogP contribution is -2.07. The summed E-state index contributed by atoms with van der Waals surface area (Å²) in [7, 11) is 2.77. The van der Waals surface area contributed by atoms with Crippen molar-refractivity contribution in [1.82, 2.24) is 4.98 Å². The Morgan fingerprint density at radius 1 is 1.36 bits per heavy atom. The van der Waals surface area contributed by atoms with Crippen LogP contribution in [0.2, 0.25) is 4.47 Å². The molecule has 0 aliphatic heterocycles. The molecule has 2 rings (SSSR count). The molecule has 116 valence electrons. The minimum atomic E-state index is -0.505. The van der Waals surface area contributed by atoms with Crippen molar-refractivity contribution in [1.29, 1.82) is 0 Å². The van der Waals surface area contributed by atoms with E-state index in [1.54, 1.807) is 18.2 Å². The van der Waals surface area contributed by atoms with Crippen LogP contribution in [0.25, 0.3) is 5.57 Å². The predicted octanol–water partition coefficient (Wildman–Crippen LogP) is 3.54. The monoisotopic (exact) mass is 339 g/mol. The molecule has 0 spiro atoms. The lowest BCUT2D eigenvalue weighted by atomic mass is 10.1. The van der Waals surface area contributed by atoms with Crippen LogP contribution < -0.4 is 4.74 Å². The molecule has 2 aromatic rings. The Kier molecular flexibility index (Phi) is 5.80. The third-order valence-electron chi connectivity index (χ3n) is 2.72. The zero-order valence-corrected chi connectivity index (χ0v) is 13.6. The lowest BCUT2D eigenvalue weighted by Gasteiger charge is -2.12. The average molecular weight is 340 g/mol. The largest absolute Gasteiger partial charge is 0.503 e. The molecule has 22 heavy (non-hydrogen) atoms. The number of rotatable bonds is 6. The number of ether oxygens (including phenoxy) is 3. The van der Waals surface area contributed by atoms with E-state index >= 15 is 0 Å². The van der Waals surface area contributed by atoms with Gasteiger partial charge in [0.15, 0.2) is 4.47 Å². The number of benzene rings is 1. The van der Waals surface area contributed by atoms with Gasteiger partial charge in [-0.2, -0.15) is 0 Å². The lowest BCUT2D eigenvalue weighted by molar-refractivity contribution is -0.133. The van der Waals surface area contributed by atoms with Gasteiger partial charge in [-0.1, -0.05) is 29.8 Å². The highest BCUT2D eigenvalue weighted by atomic mass is 35.5. The summed E-state index contributed by atoms with van der Waals surface area (Å²) in [5, 5.41) is 1.82. The van der Waals surface area contributed by atoms with E-state index < -0.39 is 5.97 Å². The van der Waals surface area contributed by atoms with Crippen molar-refractivity contribution >= 4 is 34.5 Å². The summed E-state index contributed by atoms with van der Waals surface area (Å²) in [6.45, 7) is 0.252. The fourth-order valence-corrected chi connectivity index (χ4v) is 2.53. The maximum atomic E-state index is 11.9. The van der Waals surface area contributed by atoms with Crippen LogP contribution in [0.4, 0.5) is 0 Å². The number of carbonyl (C=O) groups excluding carboxylic acids is 1. The maximum Gasteiger partial charge on any atom is 0.341 e. The number of halogens is 1. The second-order valence-electron chi connectivity index (χ2n) is 4.14. The Morgan fingerprint density at radius 3 is 2.77 bits per heavy atom. The van der Waals surface area contributed by atoms with E-state index in [-0.39, 0.29) is 12.2 Å². The smallest absolute Gasteiger partial charge is 0.341 e. The van der Waals surface area contributed by atoms with E-state index in [0.717, 1.165) is 5.69 Å². The van der Waals surface area contributed by atoms with Crippen molar-refractivity contribution in [2.45, 2.75) is 6.61 Å². The fraction of sp³-hybridized carbons (Fsp3) is 0.200. The first-order valence-electron chi connectivity index (χ1n) is 6.29. The van der Waals surface area contributed by atoms with Crippen LogP contribution in [0, 0.1) is 0 Å². The first-order chi connectivity index (χ1) is 10.7. The highest BCUT2D eigenvalue weighted by molar-refractivity contribution is 7.13. The van der Waals surface area contributed by atoms with Crippen molar-refractivity contribution in [3.63, 3.8) is 0 Å². The van der Waals surface area contributed by atoms with Gasteiger partial charge in [0.1, 0.15) is 17.9 Å². The van der Waals surface area contributed by atoms with Crippen LogP contribution in [0.15, 0.2) is 35.9 Å². The molecule has 1 aromatic heterocycles. The van der Waals surface area contributed by atoms with Crippen molar-refractivity contribution in [2.24, 2.45) is 0 Å². The number of hydrogen-bond donors (Lipinski definition) is 0. The summed E-state index contributed by atoms with van der Waals surface area (Å²) in [5.74, 6) is 0.0231. The van der Waals surface area contributed by atoms with E-state index in [0.29, 0.717) is 15.8 Å². The number of thiazole rings is 1. The number of nitrogens with zero attached hydrogens (tertiary/aromatic N) is 1. The van der Waals surface area contributed by atoms with Gasteiger partial charge in [0.25, 0.3) is 0 Å². The number of para-hydroxylation sites is 1. The van der Waals surface area contributed by atoms with Gasteiger partial charge in [-0.15, -0.1) is 11.3 Å². The third-order valence-corrected chi connectivity index (χ3v) is 3.75. The molecule has 0 radical (unpaired) electrons. The maximum absolute atomic E-state index is 11.9. The number of hydrogen-bond acceptors (Lipinski definition) is 6. The molecular weight excluding hydrogens is 326 g/mol. The first kappa shape index (κ1) is 16.3. The molecule has 0 N–H and O–H groups in total. The molecule has 0 saturated heterocycles. The number of esters is 1. The van der Waals surface area contributed by atoms with Gasteiger partial charge in [-0.3, -0.25) is 0 Å². The number of carbonyl (C=O) groups is 1. The average Bonchev–Trinajstić information content (AvgIpc) is 2.96. The topological polar surface area (TPSA) is 57.7 Å². The van der Waals surface area contributed by atoms with Gasteiger partial charge in [0.05, 0.1) is 26.2 Å². The summed E-state index contributed by atoms with van der Waals surface area (Å²) in [4.78, 5) is 16.0. The number of aromatic nitrogens is 1. The summed E-state index contributed by atoms with van der Waals surface area (Å²) < 4.78 is 15.9. The Labute approximate surface area is 137 Å². The van der Waals surface area contributed by atoms with Crippen molar-refractivity contribution < 1.29 is 19.0 Å². The molecule has 1 heterocycles. The van der Waals surface area contributed by atoms with E-state index in [2.05, 4.69) is 4.98 Å². The van der Waals surface area contributed by atoms with Crippen LogP contribution >= 0.6 is 22.9 Å². The molecule has 0 bridgehead atoms. The van der Waals surface area contributed by atoms with E-state index in [1.165, 1.54) is 31.8 Å². The molecular formula is C15H14ClNO4S. The van der Waals surface area contributed by atoms with Gasteiger partial charge < -0.3 is 14.2 Å². The number of methoxy groups -OCH3 is 2. The Hall–Kier alpha value is -2.05. The van der Waals surface area contributed by atoms with Crippen LogP contribution in [0.3, 0.4) is 0 Å². The van der Waals surface area contributed by atoms with Crippen molar-refractivity contribution in [3.05, 3.63) is 51.6 Å². The molecule has 0 fully saturated rings. The summed E-state index contributed by atoms with van der Waals surface area (Å²) in [6, 6.07) is 7.13. The third kappa shape index (κ3) is 3.99. The molecule has 1 aromatic carbocycles. The quantitative estimate of drug-likeness (QED) is 0.458. The summed E-state index contributed by atoms with van der Waals surface area (Å²) in [5.41, 5.74) is 1.58. The van der Waals surface area contributed by atoms with Crippen LogP contribution in [0.1, 0.15) is 11.3 Å². The highest BCUT2D eigenvalue weighted by Crippen LogP contribution is 2.28. The van der Waals surface area contributed by atoms with E-state index in [9.17, 15) is 4.79 Å². The standard InChI is InChI=1S/C15H14ClNO4S/c1-19-8-12(14(18)20-2)11-5-3-4-6-13(11)21-7-10-9-22-15(16)17-10/h3-6,8-9H,7H2,1-2H3. The minimum Gasteiger partial charge on any atom is -0.503 e. The van der Waals surface area contributed by atoms with Gasteiger partial charge in [-0.25, -0.2) is 9.78 Å². The van der Waals surface area contributed by atoms with Crippen molar-refractivity contribution in [3.8, 4) is 5.75 Å². The molecule has 0 unspecified atom stereocenters. The first-order valence-corrected chi connectivity index (χ1v) is 7.55. The normalized spacial score (nSPS) is 11.1. The van der Waals surface area contributed by atoms with Gasteiger partial charge >= 0.3 is 5.97 Å². The molecule has 0 amide bonds. The highest BCUT2D eigenvalue weighted by Gasteiger charge is 2.17. The Morgan fingerprint density at radius 2 is 2.14 bits per heavy atom. The molecule has 7 heteroatoms. The van der Waals surface area contributed by atoms with Gasteiger partial charge in [0, 0.05) is 10.9 Å². The fourth-order valence-electron chi connectivity index (χ4n) is 1.76. The van der Waals surface area contributed by atoms with Crippen molar-refractivity contribution in [2.75, 3.05) is 14.2 Å². The molecule has 0 aliphatic rings. The van der Waals surface area contributed by atoms with Crippen LogP contribution in [0.5, 0.6) is 5.75 Å². The summed E-state index contributed by atoms with van der Waals surface area (Å²) in [6.07, 6.45) is 1.33. The molecule has 0 saturated carbocycles. The Balaban J connectivity index is 2.25. The molecule has 5 nitrogen and oxygen atoms in total. The minimum absolute atomic E-state index is 0.252. The van der Waals surface area contributed by atoms with Crippen LogP contribution in [-0.4, -0.2) is 25.2 Å². The Bertz CT molecular complexity index is 684. The molecule has 0 atom stereocenters. The zero-order valence-electron chi connectivity index (χ0n) is 12.0. The van der Waals surface area contributed by atoms with E-state index in [4.69, 9.17) is 25.8 Å². The summed E-state index contributed by atoms with van der Waals surface area (Å²) >= 11 is 7.13. The second kappa shape index (κ2) is 7.82. The predicted molar refractivity (Wildman–Crippen MR) is 84.9 cm³/mol. The zero-order chi connectivity index (χ0) is 15.9.